The number of aromatic nitrogens is 1. The molecule has 4 aromatic rings. The molecule has 0 bridgehead atoms. The first-order valence-electron chi connectivity index (χ1n) is 10.4. The number of furan rings is 1. The van der Waals surface area contributed by atoms with Crippen molar-refractivity contribution in [1.29, 1.82) is 0 Å². The minimum absolute atomic E-state index is 0.0883. The Balaban J connectivity index is 1.45. The minimum Gasteiger partial charge on any atom is -0.459 e. The van der Waals surface area contributed by atoms with Crippen LogP contribution >= 0.6 is 11.3 Å². The molecule has 6 nitrogen and oxygen atoms in total. The van der Waals surface area contributed by atoms with E-state index in [1.165, 1.54) is 17.6 Å². The smallest absolute Gasteiger partial charge is 0.286 e. The number of amides is 2. The summed E-state index contributed by atoms with van der Waals surface area (Å²) >= 11 is 1.45. The molecule has 0 spiro atoms. The lowest BCUT2D eigenvalue weighted by atomic mass is 10.1. The number of carbonyl (C=O) groups is 2. The fraction of sp³-hybridized carbons (Fsp3) is 0.160. The number of thiazole rings is 1. The second-order valence-electron chi connectivity index (χ2n) is 7.15. The van der Waals surface area contributed by atoms with Crippen molar-refractivity contribution in [3.05, 3.63) is 95.8 Å². The molecule has 162 valence electrons. The van der Waals surface area contributed by atoms with Crippen LogP contribution in [0.3, 0.4) is 0 Å². The molecule has 32 heavy (non-hydrogen) atoms. The third kappa shape index (κ3) is 5.50. The van der Waals surface area contributed by atoms with Gasteiger partial charge < -0.3 is 9.73 Å². The fourth-order valence-corrected chi connectivity index (χ4v) is 4.13. The lowest BCUT2D eigenvalue weighted by Crippen LogP contribution is -2.36. The zero-order chi connectivity index (χ0) is 22.2. The van der Waals surface area contributed by atoms with Gasteiger partial charge >= 0.3 is 0 Å². The molecule has 0 saturated carbocycles. The molecule has 2 heterocycles. The van der Waals surface area contributed by atoms with Gasteiger partial charge in [0.25, 0.3) is 5.91 Å². The predicted octanol–water partition coefficient (Wildman–Crippen LogP) is 4.80. The second kappa shape index (κ2) is 10.5. The van der Waals surface area contributed by atoms with E-state index in [4.69, 9.17) is 9.40 Å². The first-order valence-corrected chi connectivity index (χ1v) is 11.3. The molecule has 0 saturated heterocycles. The first-order chi connectivity index (χ1) is 15.7. The van der Waals surface area contributed by atoms with Crippen molar-refractivity contribution in [3.8, 4) is 11.3 Å². The molecule has 0 aliphatic heterocycles. The highest BCUT2D eigenvalue weighted by atomic mass is 32.1. The van der Waals surface area contributed by atoms with Crippen LogP contribution in [-0.2, 0) is 11.2 Å². The van der Waals surface area contributed by atoms with Gasteiger partial charge in [-0.1, -0.05) is 60.7 Å². The molecule has 2 aromatic heterocycles. The highest BCUT2D eigenvalue weighted by molar-refractivity contribution is 7.14. The van der Waals surface area contributed by atoms with E-state index in [1.54, 1.807) is 17.0 Å². The van der Waals surface area contributed by atoms with Gasteiger partial charge in [0.1, 0.15) is 0 Å². The van der Waals surface area contributed by atoms with Gasteiger partial charge in [0.2, 0.25) is 5.91 Å². The summed E-state index contributed by atoms with van der Waals surface area (Å²) in [4.78, 5) is 31.6. The van der Waals surface area contributed by atoms with Gasteiger partial charge in [0.05, 0.1) is 12.0 Å². The number of hydrogen-bond donors (Lipinski definition) is 1. The van der Waals surface area contributed by atoms with Crippen LogP contribution in [-0.4, -0.2) is 29.9 Å². The molecular weight excluding hydrogens is 422 g/mol. The van der Waals surface area contributed by atoms with Crippen molar-refractivity contribution in [1.82, 2.24) is 10.3 Å². The van der Waals surface area contributed by atoms with Crippen LogP contribution in [0.2, 0.25) is 0 Å². The number of rotatable bonds is 9. The topological polar surface area (TPSA) is 75.4 Å². The van der Waals surface area contributed by atoms with Gasteiger partial charge in [-0.05, 0) is 24.1 Å². The molecule has 0 aliphatic carbocycles. The fourth-order valence-electron chi connectivity index (χ4n) is 3.26. The molecule has 0 fully saturated rings. The quantitative estimate of drug-likeness (QED) is 0.402. The summed E-state index contributed by atoms with van der Waals surface area (Å²) in [7, 11) is 0. The molecule has 2 amide bonds. The van der Waals surface area contributed by atoms with Gasteiger partial charge in [0.15, 0.2) is 10.9 Å². The molecule has 7 heteroatoms. The lowest BCUT2D eigenvalue weighted by Gasteiger charge is -2.20. The van der Waals surface area contributed by atoms with Crippen LogP contribution in [0.25, 0.3) is 11.3 Å². The zero-order valence-corrected chi connectivity index (χ0v) is 18.3. The number of nitrogens with zero attached hydrogens (tertiary/aromatic N) is 2. The summed E-state index contributed by atoms with van der Waals surface area (Å²) in [5, 5.41) is 5.35. The van der Waals surface area contributed by atoms with Gasteiger partial charge in [0, 0.05) is 30.5 Å². The number of benzene rings is 2. The molecule has 4 rings (SSSR count). The maximum atomic E-state index is 13.1. The van der Waals surface area contributed by atoms with Crippen molar-refractivity contribution in [2.24, 2.45) is 0 Å². The summed E-state index contributed by atoms with van der Waals surface area (Å²) in [6.45, 7) is 0.730. The van der Waals surface area contributed by atoms with E-state index in [9.17, 15) is 9.59 Å². The summed E-state index contributed by atoms with van der Waals surface area (Å²) in [6.07, 6.45) is 2.32. The Morgan fingerprint density at radius 3 is 2.44 bits per heavy atom. The van der Waals surface area contributed by atoms with E-state index in [1.807, 2.05) is 66.0 Å². The second-order valence-corrected chi connectivity index (χ2v) is 7.98. The van der Waals surface area contributed by atoms with Gasteiger partial charge in [-0.2, -0.15) is 0 Å². The van der Waals surface area contributed by atoms with Crippen molar-refractivity contribution in [2.75, 3.05) is 18.0 Å². The van der Waals surface area contributed by atoms with Crippen LogP contribution in [0.15, 0.2) is 88.9 Å². The summed E-state index contributed by atoms with van der Waals surface area (Å²) in [5.74, 6) is -0.195. The Morgan fingerprint density at radius 2 is 1.72 bits per heavy atom. The number of hydrogen-bond acceptors (Lipinski definition) is 5. The Hall–Kier alpha value is -3.71. The average Bonchev–Trinajstić information content (AvgIpc) is 3.53. The van der Waals surface area contributed by atoms with E-state index in [0.29, 0.717) is 18.1 Å². The van der Waals surface area contributed by atoms with E-state index in [0.717, 1.165) is 16.8 Å². The summed E-state index contributed by atoms with van der Waals surface area (Å²) in [5.41, 5.74) is 3.00. The highest BCUT2D eigenvalue weighted by Gasteiger charge is 2.20. The monoisotopic (exact) mass is 445 g/mol. The van der Waals surface area contributed by atoms with Crippen molar-refractivity contribution in [2.45, 2.75) is 12.8 Å². The number of nitrogens with one attached hydrogen (secondary N) is 1. The van der Waals surface area contributed by atoms with Crippen molar-refractivity contribution in [3.63, 3.8) is 0 Å². The Kier molecular flexibility index (Phi) is 7.09. The van der Waals surface area contributed by atoms with Crippen LogP contribution in [0.1, 0.15) is 22.5 Å². The third-order valence-electron chi connectivity index (χ3n) is 4.93. The van der Waals surface area contributed by atoms with E-state index < -0.39 is 0 Å². The molecule has 0 unspecified atom stereocenters. The van der Waals surface area contributed by atoms with Crippen LogP contribution in [0, 0.1) is 0 Å². The molecule has 1 N–H and O–H groups in total. The molecule has 0 aliphatic rings. The summed E-state index contributed by atoms with van der Waals surface area (Å²) in [6, 6.07) is 23.2. The maximum absolute atomic E-state index is 13.1. The molecule has 2 aromatic carbocycles. The Bertz CT molecular complexity index is 1140. The van der Waals surface area contributed by atoms with Crippen molar-refractivity contribution < 1.29 is 14.0 Å². The van der Waals surface area contributed by atoms with E-state index >= 15 is 0 Å². The number of carbonyl (C=O) groups excluding carboxylic acids is 2. The number of anilines is 1. The van der Waals surface area contributed by atoms with Gasteiger partial charge in [-0.25, -0.2) is 4.98 Å². The van der Waals surface area contributed by atoms with Crippen LogP contribution in [0.4, 0.5) is 5.13 Å². The average molecular weight is 446 g/mol. The zero-order valence-electron chi connectivity index (χ0n) is 17.4. The highest BCUT2D eigenvalue weighted by Crippen LogP contribution is 2.28. The van der Waals surface area contributed by atoms with Crippen LogP contribution in [0.5, 0.6) is 0 Å². The van der Waals surface area contributed by atoms with Crippen molar-refractivity contribution >= 4 is 28.3 Å². The normalized spacial score (nSPS) is 10.6. The Labute approximate surface area is 190 Å². The lowest BCUT2D eigenvalue weighted by molar-refractivity contribution is -0.118. The van der Waals surface area contributed by atoms with Gasteiger partial charge in [-0.15, -0.1) is 11.3 Å². The molecular formula is C25H23N3O3S. The molecule has 0 atom stereocenters. The maximum Gasteiger partial charge on any atom is 0.286 e. The first kappa shape index (κ1) is 21.5. The standard InChI is InChI=1S/C25H23N3O3S/c29-23(13-15-26-24(30)22-12-7-17-31-22)28(16-14-19-8-3-1-4-9-19)25-27-21(18-32-25)20-10-5-2-6-11-20/h1-12,17-18H,13-16H2,(H,26,30). The van der Waals surface area contributed by atoms with E-state index in [-0.39, 0.29) is 30.5 Å². The van der Waals surface area contributed by atoms with Crippen LogP contribution < -0.4 is 10.2 Å². The van der Waals surface area contributed by atoms with E-state index in [2.05, 4.69) is 5.32 Å². The SMILES string of the molecule is O=C(NCCC(=O)N(CCc1ccccc1)c1nc(-c2ccccc2)cs1)c1ccco1. The predicted molar refractivity (Wildman–Crippen MR) is 126 cm³/mol. The third-order valence-corrected chi connectivity index (χ3v) is 5.79. The Morgan fingerprint density at radius 1 is 0.969 bits per heavy atom. The summed E-state index contributed by atoms with van der Waals surface area (Å²) < 4.78 is 5.09. The molecule has 0 radical (unpaired) electrons. The largest absolute Gasteiger partial charge is 0.459 e. The van der Waals surface area contributed by atoms with Gasteiger partial charge in [-0.3, -0.25) is 14.5 Å². The minimum atomic E-state index is -0.334.